The molecule has 0 bridgehead atoms. The zero-order chi connectivity index (χ0) is 20.8. The quantitative estimate of drug-likeness (QED) is 0.715. The lowest BCUT2D eigenvalue weighted by molar-refractivity contribution is -0.128. The van der Waals surface area contributed by atoms with Crippen LogP contribution in [0.2, 0.25) is 0 Å². The normalized spacial score (nSPS) is 20.5. The van der Waals surface area contributed by atoms with Gasteiger partial charge in [-0.1, -0.05) is 18.2 Å². The van der Waals surface area contributed by atoms with E-state index in [1.807, 2.05) is 35.2 Å². The fraction of sp³-hybridized carbons (Fsp3) is 0.417. The van der Waals surface area contributed by atoms with Gasteiger partial charge in [0.1, 0.15) is 5.75 Å². The van der Waals surface area contributed by atoms with E-state index in [1.165, 1.54) is 5.69 Å². The van der Waals surface area contributed by atoms with E-state index in [0.717, 1.165) is 63.4 Å². The van der Waals surface area contributed by atoms with Crippen LogP contribution in [0.4, 0.5) is 5.69 Å². The lowest BCUT2D eigenvalue weighted by Gasteiger charge is -2.44. The molecule has 6 heteroatoms. The second-order valence-corrected chi connectivity index (χ2v) is 7.89. The zero-order valence-electron chi connectivity index (χ0n) is 17.6. The molecule has 2 aromatic rings. The Kier molecular flexibility index (Phi) is 6.64. The summed E-state index contributed by atoms with van der Waals surface area (Å²) in [4.78, 5) is 23.7. The number of piperazine rings is 1. The predicted molar refractivity (Wildman–Crippen MR) is 120 cm³/mol. The summed E-state index contributed by atoms with van der Waals surface area (Å²) in [6.45, 7) is 5.63. The summed E-state index contributed by atoms with van der Waals surface area (Å²) in [5.74, 6) is 1.03. The Morgan fingerprint density at radius 3 is 2.70 bits per heavy atom. The average Bonchev–Trinajstić information content (AvgIpc) is 2.83. The molecule has 0 aliphatic carbocycles. The number of nitrogens with zero attached hydrogens (tertiary/aromatic N) is 4. The summed E-state index contributed by atoms with van der Waals surface area (Å²) in [6, 6.07) is 12.5. The molecule has 4 rings (SSSR count). The Labute approximate surface area is 178 Å². The highest BCUT2D eigenvalue weighted by atomic mass is 16.5. The third-order valence-corrected chi connectivity index (χ3v) is 6.07. The minimum absolute atomic E-state index is 0.0937. The summed E-state index contributed by atoms with van der Waals surface area (Å²) < 4.78 is 5.53. The van der Waals surface area contributed by atoms with E-state index < -0.39 is 0 Å². The van der Waals surface area contributed by atoms with Crippen molar-refractivity contribution in [3.05, 3.63) is 60.4 Å². The molecular weight excluding hydrogens is 376 g/mol. The Morgan fingerprint density at radius 2 is 1.93 bits per heavy atom. The second kappa shape index (κ2) is 9.76. The molecule has 2 aliphatic heterocycles. The van der Waals surface area contributed by atoms with Crippen molar-refractivity contribution in [2.24, 2.45) is 0 Å². The maximum absolute atomic E-state index is 12.7. The van der Waals surface area contributed by atoms with Gasteiger partial charge in [0.15, 0.2) is 0 Å². The number of pyridine rings is 1. The van der Waals surface area contributed by atoms with Gasteiger partial charge in [0, 0.05) is 63.8 Å². The van der Waals surface area contributed by atoms with Crippen LogP contribution >= 0.6 is 0 Å². The number of anilines is 1. The summed E-state index contributed by atoms with van der Waals surface area (Å²) in [6.07, 6.45) is 9.25. The Balaban J connectivity index is 1.32. The molecule has 0 N–H and O–H groups in total. The molecule has 158 valence electrons. The Hall–Kier alpha value is -2.86. The van der Waals surface area contributed by atoms with Gasteiger partial charge in [-0.15, -0.1) is 0 Å². The molecule has 6 nitrogen and oxygen atoms in total. The average molecular weight is 407 g/mol. The molecule has 3 heterocycles. The van der Waals surface area contributed by atoms with E-state index in [-0.39, 0.29) is 5.91 Å². The van der Waals surface area contributed by atoms with Crippen LogP contribution in [0.15, 0.2) is 54.9 Å². The van der Waals surface area contributed by atoms with Crippen molar-refractivity contribution in [3.63, 3.8) is 0 Å². The van der Waals surface area contributed by atoms with Crippen molar-refractivity contribution < 1.29 is 9.53 Å². The SMILES string of the molecule is COc1ccccc1N1CCN(C2CCCN(C(=O)C=Cc3cccnc3)C2)CC1. The van der Waals surface area contributed by atoms with Gasteiger partial charge >= 0.3 is 0 Å². The number of hydrogen-bond donors (Lipinski definition) is 0. The molecule has 2 saturated heterocycles. The van der Waals surface area contributed by atoms with Crippen molar-refractivity contribution in [1.82, 2.24) is 14.8 Å². The maximum atomic E-state index is 12.7. The van der Waals surface area contributed by atoms with Gasteiger partial charge in [0.2, 0.25) is 5.91 Å². The first-order chi connectivity index (χ1) is 14.7. The summed E-state index contributed by atoms with van der Waals surface area (Å²) in [5.41, 5.74) is 2.12. The number of amides is 1. The Morgan fingerprint density at radius 1 is 1.10 bits per heavy atom. The molecule has 1 atom stereocenters. The standard InChI is InChI=1S/C24H30N4O2/c1-30-23-9-3-2-8-22(23)27-16-14-26(15-17-27)21-7-5-13-28(19-21)24(29)11-10-20-6-4-12-25-18-20/h2-4,6,8-12,18,21H,5,7,13-17,19H2,1H3. The monoisotopic (exact) mass is 406 g/mol. The van der Waals surface area contributed by atoms with Gasteiger partial charge in [0.25, 0.3) is 0 Å². The van der Waals surface area contributed by atoms with E-state index >= 15 is 0 Å². The second-order valence-electron chi connectivity index (χ2n) is 7.89. The summed E-state index contributed by atoms with van der Waals surface area (Å²) >= 11 is 0. The first-order valence-electron chi connectivity index (χ1n) is 10.7. The number of hydrogen-bond acceptors (Lipinski definition) is 5. The number of benzene rings is 1. The molecule has 1 aromatic heterocycles. The number of rotatable bonds is 5. The topological polar surface area (TPSA) is 48.9 Å². The summed E-state index contributed by atoms with van der Waals surface area (Å²) in [7, 11) is 1.73. The molecule has 0 saturated carbocycles. The molecule has 0 radical (unpaired) electrons. The smallest absolute Gasteiger partial charge is 0.246 e. The first kappa shape index (κ1) is 20.4. The van der Waals surface area contributed by atoms with Gasteiger partial charge in [-0.2, -0.15) is 0 Å². The molecular formula is C24H30N4O2. The number of ether oxygens (including phenoxy) is 1. The minimum Gasteiger partial charge on any atom is -0.495 e. The molecule has 2 aliphatic rings. The van der Waals surface area contributed by atoms with E-state index in [4.69, 9.17) is 4.74 Å². The number of likely N-dealkylation sites (tertiary alicyclic amines) is 1. The van der Waals surface area contributed by atoms with Crippen LogP contribution in [0.1, 0.15) is 18.4 Å². The van der Waals surface area contributed by atoms with Gasteiger partial charge in [-0.25, -0.2) is 0 Å². The number of carbonyl (C=O) groups excluding carboxylic acids is 1. The van der Waals surface area contributed by atoms with Crippen LogP contribution in [-0.4, -0.2) is 73.1 Å². The number of para-hydroxylation sites is 2. The number of piperidine rings is 1. The van der Waals surface area contributed by atoms with Crippen LogP contribution in [0.5, 0.6) is 5.75 Å². The third-order valence-electron chi connectivity index (χ3n) is 6.07. The van der Waals surface area contributed by atoms with E-state index in [9.17, 15) is 4.79 Å². The number of methoxy groups -OCH3 is 1. The molecule has 2 fully saturated rings. The fourth-order valence-electron chi connectivity index (χ4n) is 4.42. The highest BCUT2D eigenvalue weighted by Gasteiger charge is 2.29. The van der Waals surface area contributed by atoms with Gasteiger partial charge in [-0.05, 0) is 42.7 Å². The van der Waals surface area contributed by atoms with Gasteiger partial charge in [-0.3, -0.25) is 14.7 Å². The van der Waals surface area contributed by atoms with Crippen molar-refractivity contribution in [2.45, 2.75) is 18.9 Å². The van der Waals surface area contributed by atoms with E-state index in [1.54, 1.807) is 25.6 Å². The molecule has 1 aromatic carbocycles. The van der Waals surface area contributed by atoms with Gasteiger partial charge in [0.05, 0.1) is 12.8 Å². The van der Waals surface area contributed by atoms with Crippen LogP contribution in [0.25, 0.3) is 6.08 Å². The lowest BCUT2D eigenvalue weighted by Crippen LogP contribution is -2.55. The van der Waals surface area contributed by atoms with E-state index in [0.29, 0.717) is 6.04 Å². The van der Waals surface area contributed by atoms with Crippen molar-refractivity contribution >= 4 is 17.7 Å². The zero-order valence-corrected chi connectivity index (χ0v) is 17.6. The predicted octanol–water partition coefficient (Wildman–Crippen LogP) is 2.92. The number of carbonyl (C=O) groups is 1. The summed E-state index contributed by atoms with van der Waals surface area (Å²) in [5, 5.41) is 0. The Bertz CT molecular complexity index is 863. The molecule has 1 unspecified atom stereocenters. The van der Waals surface area contributed by atoms with Crippen molar-refractivity contribution in [1.29, 1.82) is 0 Å². The van der Waals surface area contributed by atoms with Crippen LogP contribution < -0.4 is 9.64 Å². The van der Waals surface area contributed by atoms with Crippen molar-refractivity contribution in [2.75, 3.05) is 51.3 Å². The minimum atomic E-state index is 0.0937. The maximum Gasteiger partial charge on any atom is 0.246 e. The highest BCUT2D eigenvalue weighted by Crippen LogP contribution is 2.29. The van der Waals surface area contributed by atoms with Crippen molar-refractivity contribution in [3.8, 4) is 5.75 Å². The van der Waals surface area contributed by atoms with E-state index in [2.05, 4.69) is 26.9 Å². The first-order valence-corrected chi connectivity index (χ1v) is 10.7. The molecule has 0 spiro atoms. The lowest BCUT2D eigenvalue weighted by atomic mass is 10.0. The molecule has 30 heavy (non-hydrogen) atoms. The highest BCUT2D eigenvalue weighted by molar-refractivity contribution is 5.91. The van der Waals surface area contributed by atoms with Crippen LogP contribution in [0.3, 0.4) is 0 Å². The van der Waals surface area contributed by atoms with Gasteiger partial charge < -0.3 is 14.5 Å². The largest absolute Gasteiger partial charge is 0.495 e. The number of aromatic nitrogens is 1. The molecule has 1 amide bonds. The fourth-order valence-corrected chi connectivity index (χ4v) is 4.42. The van der Waals surface area contributed by atoms with Crippen LogP contribution in [0, 0.1) is 0 Å². The van der Waals surface area contributed by atoms with Crippen LogP contribution in [-0.2, 0) is 4.79 Å². The third kappa shape index (κ3) is 4.82.